The molecule has 2 aromatic carbocycles. The van der Waals surface area contributed by atoms with E-state index in [4.69, 9.17) is 0 Å². The standard InChI is InChI=1S/C17H12BrF3N2O2/c18-13-8-6-12(7-9-13)15(24)23-16(25,17(19,20)21)10-14(22-23)11-4-2-1-3-5-11/h1-9,25H,10H2/t16-/m1/s1. The van der Waals surface area contributed by atoms with Gasteiger partial charge in [-0.15, -0.1) is 0 Å². The molecule has 0 bridgehead atoms. The summed E-state index contributed by atoms with van der Waals surface area (Å²) in [4.78, 5) is 12.5. The van der Waals surface area contributed by atoms with Gasteiger partial charge >= 0.3 is 6.18 Å². The number of halogens is 4. The first-order valence-corrected chi connectivity index (χ1v) is 8.04. The van der Waals surface area contributed by atoms with Gasteiger partial charge in [-0.25, -0.2) is 0 Å². The van der Waals surface area contributed by atoms with Crippen molar-refractivity contribution in [1.29, 1.82) is 0 Å². The molecule has 8 heteroatoms. The van der Waals surface area contributed by atoms with Crippen molar-refractivity contribution in [2.45, 2.75) is 18.3 Å². The van der Waals surface area contributed by atoms with Crippen molar-refractivity contribution >= 4 is 27.5 Å². The SMILES string of the molecule is O=C(c1ccc(Br)cc1)N1N=C(c2ccccc2)C[C@@]1(O)C(F)(F)F. The fourth-order valence-electron chi connectivity index (χ4n) is 2.49. The molecule has 1 aliphatic rings. The molecule has 4 nitrogen and oxygen atoms in total. The van der Waals surface area contributed by atoms with Gasteiger partial charge in [-0.3, -0.25) is 4.79 Å². The van der Waals surface area contributed by atoms with Crippen LogP contribution in [0.15, 0.2) is 64.2 Å². The normalized spacial score (nSPS) is 20.5. The molecule has 0 saturated carbocycles. The number of rotatable bonds is 2. The highest BCUT2D eigenvalue weighted by molar-refractivity contribution is 9.10. The van der Waals surface area contributed by atoms with E-state index in [1.807, 2.05) is 0 Å². The van der Waals surface area contributed by atoms with Gasteiger partial charge in [-0.1, -0.05) is 46.3 Å². The lowest BCUT2D eigenvalue weighted by molar-refractivity contribution is -0.297. The highest BCUT2D eigenvalue weighted by Crippen LogP contribution is 2.42. The highest BCUT2D eigenvalue weighted by Gasteiger charge is 2.63. The highest BCUT2D eigenvalue weighted by atomic mass is 79.9. The molecule has 0 radical (unpaired) electrons. The van der Waals surface area contributed by atoms with Crippen LogP contribution in [0.4, 0.5) is 13.2 Å². The summed E-state index contributed by atoms with van der Waals surface area (Å²) in [7, 11) is 0. The summed E-state index contributed by atoms with van der Waals surface area (Å²) in [5.41, 5.74) is -2.99. The molecule has 2 aromatic rings. The lowest BCUT2D eigenvalue weighted by Crippen LogP contribution is -2.56. The maximum Gasteiger partial charge on any atom is 0.438 e. The average Bonchev–Trinajstić information content (AvgIpc) is 2.95. The molecule has 1 heterocycles. The molecule has 3 rings (SSSR count). The summed E-state index contributed by atoms with van der Waals surface area (Å²) in [5.74, 6) is -1.03. The Morgan fingerprint density at radius 3 is 2.28 bits per heavy atom. The van der Waals surface area contributed by atoms with E-state index >= 15 is 0 Å². The number of hydrazone groups is 1. The van der Waals surface area contributed by atoms with Crippen molar-refractivity contribution in [2.75, 3.05) is 0 Å². The van der Waals surface area contributed by atoms with Gasteiger partial charge in [0.2, 0.25) is 0 Å². The Bertz CT molecular complexity index is 822. The number of carbonyl (C=O) groups is 1. The first kappa shape index (κ1) is 17.6. The van der Waals surface area contributed by atoms with Crippen molar-refractivity contribution in [1.82, 2.24) is 5.01 Å². The predicted octanol–water partition coefficient (Wildman–Crippen LogP) is 3.95. The summed E-state index contributed by atoms with van der Waals surface area (Å²) in [5, 5.41) is 14.2. The van der Waals surface area contributed by atoms with Crippen molar-refractivity contribution in [3.63, 3.8) is 0 Å². The van der Waals surface area contributed by atoms with Crippen molar-refractivity contribution in [2.24, 2.45) is 5.10 Å². The Labute approximate surface area is 149 Å². The molecule has 1 aliphatic heterocycles. The second kappa shape index (κ2) is 6.27. The first-order valence-electron chi connectivity index (χ1n) is 7.24. The van der Waals surface area contributed by atoms with Crippen LogP contribution in [0.1, 0.15) is 22.3 Å². The van der Waals surface area contributed by atoms with Crippen LogP contribution >= 0.6 is 15.9 Å². The minimum Gasteiger partial charge on any atom is -0.362 e. The van der Waals surface area contributed by atoms with E-state index in [-0.39, 0.29) is 16.3 Å². The molecular weight excluding hydrogens is 401 g/mol. The van der Waals surface area contributed by atoms with Crippen LogP contribution in [0.2, 0.25) is 0 Å². The summed E-state index contributed by atoms with van der Waals surface area (Å²) < 4.78 is 41.2. The van der Waals surface area contributed by atoms with Crippen molar-refractivity contribution in [3.8, 4) is 0 Å². The molecule has 0 fully saturated rings. The van der Waals surface area contributed by atoms with Gasteiger partial charge < -0.3 is 5.11 Å². The molecule has 1 atom stereocenters. The smallest absolute Gasteiger partial charge is 0.362 e. The lowest BCUT2D eigenvalue weighted by atomic mass is 10.0. The molecule has 0 saturated heterocycles. The van der Waals surface area contributed by atoms with Gasteiger partial charge in [-0.2, -0.15) is 23.3 Å². The second-order valence-corrected chi connectivity index (χ2v) is 6.44. The van der Waals surface area contributed by atoms with Crippen LogP contribution in [0, 0.1) is 0 Å². The van der Waals surface area contributed by atoms with E-state index < -0.39 is 24.2 Å². The lowest BCUT2D eigenvalue weighted by Gasteiger charge is -2.32. The van der Waals surface area contributed by atoms with Crippen LogP contribution in [-0.4, -0.2) is 33.6 Å². The average molecular weight is 413 g/mol. The number of amides is 1. The summed E-state index contributed by atoms with van der Waals surface area (Å²) in [6.07, 6.45) is -5.89. The summed E-state index contributed by atoms with van der Waals surface area (Å²) in [6, 6.07) is 13.9. The van der Waals surface area contributed by atoms with E-state index in [2.05, 4.69) is 21.0 Å². The number of aliphatic hydroxyl groups is 1. The van der Waals surface area contributed by atoms with Crippen LogP contribution < -0.4 is 0 Å². The summed E-state index contributed by atoms with van der Waals surface area (Å²) in [6.45, 7) is 0. The maximum atomic E-state index is 13.5. The Morgan fingerprint density at radius 2 is 1.72 bits per heavy atom. The molecule has 0 aromatic heterocycles. The van der Waals surface area contributed by atoms with Crippen molar-refractivity contribution in [3.05, 3.63) is 70.2 Å². The van der Waals surface area contributed by atoms with E-state index in [1.165, 1.54) is 24.3 Å². The zero-order chi connectivity index (χ0) is 18.2. The van der Waals surface area contributed by atoms with Gasteiger partial charge in [0.1, 0.15) is 0 Å². The number of alkyl halides is 3. The number of hydrogen-bond acceptors (Lipinski definition) is 3. The third kappa shape index (κ3) is 3.19. The number of hydrogen-bond donors (Lipinski definition) is 1. The molecule has 25 heavy (non-hydrogen) atoms. The minimum atomic E-state index is -5.06. The van der Waals surface area contributed by atoms with Gasteiger partial charge in [0.25, 0.3) is 11.6 Å². The van der Waals surface area contributed by atoms with E-state index in [9.17, 15) is 23.1 Å². The molecule has 0 aliphatic carbocycles. The fraction of sp³-hybridized carbons (Fsp3) is 0.176. The second-order valence-electron chi connectivity index (χ2n) is 5.53. The zero-order valence-corrected chi connectivity index (χ0v) is 14.3. The maximum absolute atomic E-state index is 13.5. The number of nitrogens with zero attached hydrogens (tertiary/aromatic N) is 2. The van der Waals surface area contributed by atoms with Crippen LogP contribution in [0.25, 0.3) is 0 Å². The Kier molecular flexibility index (Phi) is 4.42. The van der Waals surface area contributed by atoms with Crippen LogP contribution in [0.3, 0.4) is 0 Å². The Balaban J connectivity index is 2.04. The largest absolute Gasteiger partial charge is 0.438 e. The monoisotopic (exact) mass is 412 g/mol. The molecule has 1 N–H and O–H groups in total. The third-order valence-corrected chi connectivity index (χ3v) is 4.36. The van der Waals surface area contributed by atoms with E-state index in [1.54, 1.807) is 30.3 Å². The van der Waals surface area contributed by atoms with Crippen LogP contribution in [0.5, 0.6) is 0 Å². The molecular formula is C17H12BrF3N2O2. The third-order valence-electron chi connectivity index (χ3n) is 3.83. The zero-order valence-electron chi connectivity index (χ0n) is 12.7. The summed E-state index contributed by atoms with van der Waals surface area (Å²) >= 11 is 3.19. The predicted molar refractivity (Wildman–Crippen MR) is 88.9 cm³/mol. The Morgan fingerprint density at radius 1 is 1.12 bits per heavy atom. The number of carbonyl (C=O) groups excluding carboxylic acids is 1. The van der Waals surface area contributed by atoms with Crippen LogP contribution in [-0.2, 0) is 0 Å². The Hall–Kier alpha value is -2.19. The molecule has 0 unspecified atom stereocenters. The van der Waals surface area contributed by atoms with E-state index in [0.29, 0.717) is 10.0 Å². The number of benzene rings is 2. The van der Waals surface area contributed by atoms with Gasteiger partial charge in [0.15, 0.2) is 0 Å². The van der Waals surface area contributed by atoms with E-state index in [0.717, 1.165) is 0 Å². The van der Waals surface area contributed by atoms with Gasteiger partial charge in [0, 0.05) is 10.0 Å². The topological polar surface area (TPSA) is 52.9 Å². The first-order chi connectivity index (χ1) is 11.7. The van der Waals surface area contributed by atoms with Gasteiger partial charge in [-0.05, 0) is 29.8 Å². The van der Waals surface area contributed by atoms with Gasteiger partial charge in [0.05, 0.1) is 12.1 Å². The molecule has 1 amide bonds. The van der Waals surface area contributed by atoms with Crippen molar-refractivity contribution < 1.29 is 23.1 Å². The minimum absolute atomic E-state index is 0.00844. The molecule has 130 valence electrons. The fourth-order valence-corrected chi connectivity index (χ4v) is 2.75. The quantitative estimate of drug-likeness (QED) is 0.811. The molecule has 0 spiro atoms.